The van der Waals surface area contributed by atoms with Crippen LogP contribution in [0, 0.1) is 0 Å². The van der Waals surface area contributed by atoms with Crippen LogP contribution < -0.4 is 16.0 Å². The molecule has 3 aromatic carbocycles. The summed E-state index contributed by atoms with van der Waals surface area (Å²) < 4.78 is 5.07. The average Bonchev–Trinajstić information content (AvgIpc) is 3.15. The van der Waals surface area contributed by atoms with Gasteiger partial charge in [0.1, 0.15) is 0 Å². The summed E-state index contributed by atoms with van der Waals surface area (Å²) in [7, 11) is 1.79. The minimum Gasteiger partial charge on any atom is -0.462 e. The molecule has 1 heterocycles. The fraction of sp³-hybridized carbons (Fsp3) is 0.115. The number of esters is 1. The quantitative estimate of drug-likeness (QED) is 0.446. The Morgan fingerprint density at radius 1 is 0.970 bits per heavy atom. The smallest absolute Gasteiger partial charge is 0.338 e. The highest BCUT2D eigenvalue weighted by molar-refractivity contribution is 6.37. The minimum absolute atomic E-state index is 0.260. The van der Waals surface area contributed by atoms with Gasteiger partial charge in [-0.2, -0.15) is 0 Å². The lowest BCUT2D eigenvalue weighted by Crippen LogP contribution is -2.23. The molecule has 1 aliphatic rings. The van der Waals surface area contributed by atoms with Crippen LogP contribution >= 0.6 is 0 Å². The molecule has 0 fully saturated rings. The van der Waals surface area contributed by atoms with E-state index in [0.29, 0.717) is 39.3 Å². The van der Waals surface area contributed by atoms with Crippen LogP contribution in [0.3, 0.4) is 0 Å². The molecule has 3 N–H and O–H groups in total. The first kappa shape index (κ1) is 21.8. The van der Waals surface area contributed by atoms with Crippen molar-refractivity contribution in [3.8, 4) is 0 Å². The zero-order chi connectivity index (χ0) is 23.5. The Labute approximate surface area is 191 Å². The van der Waals surface area contributed by atoms with Crippen LogP contribution in [0.5, 0.6) is 0 Å². The van der Waals surface area contributed by atoms with Crippen molar-refractivity contribution in [1.29, 1.82) is 0 Å². The number of nitrogens with one attached hydrogen (secondary N) is 1. The summed E-state index contributed by atoms with van der Waals surface area (Å²) in [6.45, 7) is 2.00. The molecule has 2 amide bonds. The van der Waals surface area contributed by atoms with Crippen molar-refractivity contribution in [2.24, 2.45) is 5.73 Å². The average molecular weight is 441 g/mol. The van der Waals surface area contributed by atoms with Gasteiger partial charge in [-0.1, -0.05) is 48.5 Å². The Kier molecular flexibility index (Phi) is 5.95. The number of hydrogen-bond donors (Lipinski definition) is 2. The van der Waals surface area contributed by atoms with Gasteiger partial charge in [-0.3, -0.25) is 9.59 Å². The zero-order valence-electron chi connectivity index (χ0n) is 18.3. The number of nitrogens with two attached hydrogens (primary N) is 1. The summed E-state index contributed by atoms with van der Waals surface area (Å²) in [6, 6.07) is 21.4. The number of hydrogen-bond acceptors (Lipinski definition) is 5. The van der Waals surface area contributed by atoms with Crippen LogP contribution in [-0.4, -0.2) is 31.4 Å². The molecule has 1 aliphatic heterocycles. The second-order valence-electron chi connectivity index (χ2n) is 7.47. The molecular formula is C26H23N3O4. The number of carbonyl (C=O) groups excluding carboxylic acids is 3. The molecule has 7 heteroatoms. The summed E-state index contributed by atoms with van der Waals surface area (Å²) in [5, 5.41) is 2.86. The van der Waals surface area contributed by atoms with Gasteiger partial charge in [0.15, 0.2) is 0 Å². The monoisotopic (exact) mass is 441 g/mol. The third kappa shape index (κ3) is 4.08. The number of nitrogens with zero attached hydrogens (tertiary/aromatic N) is 1. The number of amides is 2. The van der Waals surface area contributed by atoms with Crippen LogP contribution in [0.25, 0.3) is 11.3 Å². The largest absolute Gasteiger partial charge is 0.462 e. The molecule has 4 rings (SSSR count). The van der Waals surface area contributed by atoms with Gasteiger partial charge in [-0.15, -0.1) is 0 Å². The van der Waals surface area contributed by atoms with Crippen LogP contribution in [0.2, 0.25) is 0 Å². The summed E-state index contributed by atoms with van der Waals surface area (Å²) >= 11 is 0. The van der Waals surface area contributed by atoms with E-state index in [9.17, 15) is 14.4 Å². The van der Waals surface area contributed by atoms with Crippen molar-refractivity contribution in [3.63, 3.8) is 0 Å². The minimum atomic E-state index is -0.565. The molecule has 0 unspecified atom stereocenters. The van der Waals surface area contributed by atoms with Gasteiger partial charge >= 0.3 is 5.97 Å². The molecule has 7 nitrogen and oxygen atoms in total. The van der Waals surface area contributed by atoms with Crippen molar-refractivity contribution < 1.29 is 19.1 Å². The lowest BCUT2D eigenvalue weighted by atomic mass is 9.97. The highest BCUT2D eigenvalue weighted by Gasteiger charge is 2.31. The Hall–Kier alpha value is -4.39. The zero-order valence-corrected chi connectivity index (χ0v) is 18.3. The van der Waals surface area contributed by atoms with E-state index < -0.39 is 11.9 Å². The second-order valence-corrected chi connectivity index (χ2v) is 7.47. The first-order valence-corrected chi connectivity index (χ1v) is 10.5. The van der Waals surface area contributed by atoms with E-state index in [0.717, 1.165) is 5.56 Å². The number of rotatable bonds is 6. The first-order valence-electron chi connectivity index (χ1n) is 10.5. The van der Waals surface area contributed by atoms with Gasteiger partial charge in [0.2, 0.25) is 0 Å². The van der Waals surface area contributed by atoms with Gasteiger partial charge < -0.3 is 20.7 Å². The molecule has 0 bridgehead atoms. The number of benzene rings is 3. The standard InChI is InChI=1S/C26H23N3O4/c1-3-33-26(32)17-13-14-18-20(15-17)28-25(31)22(18)23(16-9-5-4-6-10-16)29(2)21-12-8-7-11-19(21)24(27)30/h4-15H,3H2,1-2H3,(H2,27,30)(H,28,31)/b23-22-. The van der Waals surface area contributed by atoms with Crippen molar-refractivity contribution in [1.82, 2.24) is 0 Å². The molecule has 0 aliphatic carbocycles. The molecule has 0 radical (unpaired) electrons. The Bertz CT molecular complexity index is 1280. The van der Waals surface area contributed by atoms with Gasteiger partial charge in [-0.05, 0) is 36.8 Å². The van der Waals surface area contributed by atoms with Crippen LogP contribution in [-0.2, 0) is 9.53 Å². The Morgan fingerprint density at radius 2 is 1.67 bits per heavy atom. The molecule has 0 atom stereocenters. The van der Waals surface area contributed by atoms with Crippen molar-refractivity contribution >= 4 is 40.4 Å². The Morgan fingerprint density at radius 3 is 2.36 bits per heavy atom. The first-order chi connectivity index (χ1) is 15.9. The molecule has 3 aromatic rings. The van der Waals surface area contributed by atoms with Crippen molar-refractivity contribution in [2.45, 2.75) is 6.92 Å². The number of fused-ring (bicyclic) bond motifs is 1. The van der Waals surface area contributed by atoms with E-state index >= 15 is 0 Å². The van der Waals surface area contributed by atoms with E-state index in [-0.39, 0.29) is 12.5 Å². The molecule has 0 saturated carbocycles. The molecular weight excluding hydrogens is 418 g/mol. The third-order valence-electron chi connectivity index (χ3n) is 5.43. The van der Waals surface area contributed by atoms with Crippen molar-refractivity contribution in [2.75, 3.05) is 23.9 Å². The van der Waals surface area contributed by atoms with Gasteiger partial charge in [0.05, 0.1) is 40.4 Å². The highest BCUT2D eigenvalue weighted by Crippen LogP contribution is 2.40. The lowest BCUT2D eigenvalue weighted by molar-refractivity contribution is -0.110. The lowest BCUT2D eigenvalue weighted by Gasteiger charge is -2.26. The number of ether oxygens (including phenoxy) is 1. The SMILES string of the molecule is CCOC(=O)c1ccc2c(c1)NC(=O)/C2=C(/c1ccccc1)N(C)c1ccccc1C(N)=O. The summed E-state index contributed by atoms with van der Waals surface area (Å²) in [4.78, 5) is 39.2. The number of anilines is 2. The number of para-hydroxylation sites is 1. The fourth-order valence-corrected chi connectivity index (χ4v) is 3.95. The predicted octanol–water partition coefficient (Wildman–Crippen LogP) is 3.92. The van der Waals surface area contributed by atoms with Crippen molar-refractivity contribution in [3.05, 3.63) is 95.1 Å². The topological polar surface area (TPSA) is 102 Å². The van der Waals surface area contributed by atoms with E-state index in [2.05, 4.69) is 5.32 Å². The molecule has 33 heavy (non-hydrogen) atoms. The number of carbonyl (C=O) groups is 3. The fourth-order valence-electron chi connectivity index (χ4n) is 3.95. The predicted molar refractivity (Wildman–Crippen MR) is 128 cm³/mol. The van der Waals surface area contributed by atoms with E-state index in [4.69, 9.17) is 10.5 Å². The van der Waals surface area contributed by atoms with E-state index in [1.807, 2.05) is 30.3 Å². The molecule has 0 saturated heterocycles. The maximum absolute atomic E-state index is 13.2. The highest BCUT2D eigenvalue weighted by atomic mass is 16.5. The van der Waals surface area contributed by atoms with Crippen LogP contribution in [0.1, 0.15) is 38.8 Å². The maximum atomic E-state index is 13.2. The maximum Gasteiger partial charge on any atom is 0.338 e. The summed E-state index contributed by atoms with van der Waals surface area (Å²) in [6.07, 6.45) is 0. The molecule has 0 aromatic heterocycles. The third-order valence-corrected chi connectivity index (χ3v) is 5.43. The molecule has 0 spiro atoms. The van der Waals surface area contributed by atoms with Gasteiger partial charge in [0, 0.05) is 12.6 Å². The number of primary amides is 1. The van der Waals surface area contributed by atoms with Crippen LogP contribution in [0.4, 0.5) is 11.4 Å². The normalized spacial score (nSPS) is 13.7. The second kappa shape index (κ2) is 9.00. The van der Waals surface area contributed by atoms with Gasteiger partial charge in [0.25, 0.3) is 11.8 Å². The van der Waals surface area contributed by atoms with Crippen LogP contribution in [0.15, 0.2) is 72.8 Å². The van der Waals surface area contributed by atoms with E-state index in [1.165, 1.54) is 0 Å². The molecule has 166 valence electrons. The summed E-state index contributed by atoms with van der Waals surface area (Å²) in [5.41, 5.74) is 9.85. The Balaban J connectivity index is 1.93. The summed E-state index contributed by atoms with van der Waals surface area (Å²) in [5.74, 6) is -1.33. The van der Waals surface area contributed by atoms with E-state index in [1.54, 1.807) is 61.3 Å². The van der Waals surface area contributed by atoms with Gasteiger partial charge in [-0.25, -0.2) is 4.79 Å².